The van der Waals surface area contributed by atoms with E-state index in [9.17, 15) is 17.6 Å². The number of nitriles is 1. The lowest BCUT2D eigenvalue weighted by Crippen LogP contribution is -2.06. The molecule has 1 heterocycles. The lowest BCUT2D eigenvalue weighted by molar-refractivity contribution is -0.137. The minimum Gasteiger partial charge on any atom is -0.354 e. The van der Waals surface area contributed by atoms with Gasteiger partial charge in [-0.15, -0.1) is 0 Å². The Morgan fingerprint density at radius 3 is 2.50 bits per heavy atom. The Labute approximate surface area is 111 Å². The van der Waals surface area contributed by atoms with Gasteiger partial charge < -0.3 is 5.32 Å². The van der Waals surface area contributed by atoms with Crippen LogP contribution in [0.5, 0.6) is 0 Å². The van der Waals surface area contributed by atoms with Gasteiger partial charge in [-0.05, 0) is 24.3 Å². The fourth-order valence-electron chi connectivity index (χ4n) is 1.56. The van der Waals surface area contributed by atoms with Crippen molar-refractivity contribution in [1.82, 2.24) is 4.98 Å². The summed E-state index contributed by atoms with van der Waals surface area (Å²) in [6.45, 7) is 0. The Kier molecular flexibility index (Phi) is 3.57. The smallest absolute Gasteiger partial charge is 0.354 e. The molecular weight excluding hydrogens is 274 g/mol. The average molecular weight is 281 g/mol. The van der Waals surface area contributed by atoms with Crippen molar-refractivity contribution in [3.63, 3.8) is 0 Å². The standard InChI is InChI=1S/C13H7F4N3/c14-12-6-10(3-4-19-12)20-11-2-1-9(13(15,16)17)5-8(11)7-18/h1-6H,(H,19,20). The molecular formula is C13H7F4N3. The molecule has 0 amide bonds. The molecule has 0 atom stereocenters. The Bertz CT molecular complexity index is 674. The lowest BCUT2D eigenvalue weighted by atomic mass is 10.1. The first-order chi connectivity index (χ1) is 9.40. The largest absolute Gasteiger partial charge is 0.416 e. The normalized spacial score (nSPS) is 10.9. The van der Waals surface area contributed by atoms with Crippen LogP contribution in [0.4, 0.5) is 28.9 Å². The molecule has 1 aromatic carbocycles. The summed E-state index contributed by atoms with van der Waals surface area (Å²) < 4.78 is 50.5. The Morgan fingerprint density at radius 1 is 1.15 bits per heavy atom. The average Bonchev–Trinajstić information content (AvgIpc) is 2.38. The van der Waals surface area contributed by atoms with E-state index >= 15 is 0 Å². The third-order valence-corrected chi connectivity index (χ3v) is 2.47. The van der Waals surface area contributed by atoms with Gasteiger partial charge in [0.1, 0.15) is 6.07 Å². The third-order valence-electron chi connectivity index (χ3n) is 2.47. The highest BCUT2D eigenvalue weighted by Crippen LogP contribution is 2.32. The van der Waals surface area contributed by atoms with Gasteiger partial charge in [-0.25, -0.2) is 4.98 Å². The van der Waals surface area contributed by atoms with Gasteiger partial charge in [0.05, 0.1) is 16.8 Å². The van der Waals surface area contributed by atoms with E-state index in [1.807, 2.05) is 0 Å². The van der Waals surface area contributed by atoms with Gasteiger partial charge in [0, 0.05) is 18.0 Å². The van der Waals surface area contributed by atoms with Crippen LogP contribution in [0.25, 0.3) is 0 Å². The first kappa shape index (κ1) is 13.8. The van der Waals surface area contributed by atoms with Crippen LogP contribution in [0, 0.1) is 17.3 Å². The summed E-state index contributed by atoms with van der Waals surface area (Å²) in [6, 6.07) is 6.88. The van der Waals surface area contributed by atoms with Crippen LogP contribution in [-0.4, -0.2) is 4.98 Å². The number of aromatic nitrogens is 1. The first-order valence-corrected chi connectivity index (χ1v) is 5.40. The Balaban J connectivity index is 2.36. The summed E-state index contributed by atoms with van der Waals surface area (Å²) in [4.78, 5) is 3.35. The molecule has 0 bridgehead atoms. The van der Waals surface area contributed by atoms with Gasteiger partial charge >= 0.3 is 6.18 Å². The minimum absolute atomic E-state index is 0.158. The van der Waals surface area contributed by atoms with Crippen LogP contribution in [0.2, 0.25) is 0 Å². The van der Waals surface area contributed by atoms with Gasteiger partial charge in [-0.3, -0.25) is 0 Å². The molecule has 7 heteroatoms. The molecule has 0 saturated heterocycles. The van der Waals surface area contributed by atoms with Crippen LogP contribution < -0.4 is 5.32 Å². The van der Waals surface area contributed by atoms with E-state index in [0.717, 1.165) is 24.3 Å². The molecule has 0 fully saturated rings. The van der Waals surface area contributed by atoms with Crippen LogP contribution in [0.15, 0.2) is 36.5 Å². The van der Waals surface area contributed by atoms with Crippen molar-refractivity contribution < 1.29 is 17.6 Å². The van der Waals surface area contributed by atoms with Crippen molar-refractivity contribution >= 4 is 11.4 Å². The van der Waals surface area contributed by atoms with Gasteiger partial charge in [-0.2, -0.15) is 22.8 Å². The van der Waals surface area contributed by atoms with Gasteiger partial charge in [-0.1, -0.05) is 0 Å². The molecule has 0 aliphatic rings. The number of rotatable bonds is 2. The molecule has 20 heavy (non-hydrogen) atoms. The number of anilines is 2. The third kappa shape index (κ3) is 3.03. The monoisotopic (exact) mass is 281 g/mol. The van der Waals surface area contributed by atoms with Crippen molar-refractivity contribution in [3.05, 3.63) is 53.6 Å². The molecule has 2 rings (SSSR count). The van der Waals surface area contributed by atoms with Crippen molar-refractivity contribution in [2.24, 2.45) is 0 Å². The fraction of sp³-hybridized carbons (Fsp3) is 0.0769. The van der Waals surface area contributed by atoms with Gasteiger partial charge in [0.15, 0.2) is 0 Å². The van der Waals surface area contributed by atoms with E-state index in [1.165, 1.54) is 12.3 Å². The maximum Gasteiger partial charge on any atom is 0.416 e. The second-order valence-electron chi connectivity index (χ2n) is 3.86. The highest BCUT2D eigenvalue weighted by molar-refractivity contribution is 5.66. The van der Waals surface area contributed by atoms with Crippen LogP contribution in [0.3, 0.4) is 0 Å². The molecule has 1 N–H and O–H groups in total. The van der Waals surface area contributed by atoms with Crippen LogP contribution in [-0.2, 0) is 6.18 Å². The number of alkyl halides is 3. The number of benzene rings is 1. The quantitative estimate of drug-likeness (QED) is 0.671. The van der Waals surface area contributed by atoms with Crippen molar-refractivity contribution in [2.45, 2.75) is 6.18 Å². The van der Waals surface area contributed by atoms with Gasteiger partial charge in [0.25, 0.3) is 0 Å². The zero-order valence-electron chi connectivity index (χ0n) is 9.87. The second kappa shape index (κ2) is 5.17. The van der Waals surface area contributed by atoms with Crippen molar-refractivity contribution in [2.75, 3.05) is 5.32 Å². The highest BCUT2D eigenvalue weighted by Gasteiger charge is 2.31. The number of hydrogen-bond acceptors (Lipinski definition) is 3. The molecule has 0 aliphatic carbocycles. The molecule has 1 aromatic heterocycles. The second-order valence-corrected chi connectivity index (χ2v) is 3.86. The molecule has 0 spiro atoms. The lowest BCUT2D eigenvalue weighted by Gasteiger charge is -2.11. The van der Waals surface area contributed by atoms with Crippen LogP contribution in [0.1, 0.15) is 11.1 Å². The summed E-state index contributed by atoms with van der Waals surface area (Å²) in [7, 11) is 0. The molecule has 0 saturated carbocycles. The van der Waals surface area contributed by atoms with E-state index in [-0.39, 0.29) is 16.9 Å². The molecule has 0 unspecified atom stereocenters. The maximum atomic E-state index is 12.9. The summed E-state index contributed by atoms with van der Waals surface area (Å²) in [5, 5.41) is 11.6. The SMILES string of the molecule is N#Cc1cc(C(F)(F)F)ccc1Nc1ccnc(F)c1. The van der Waals surface area contributed by atoms with E-state index < -0.39 is 17.7 Å². The van der Waals surface area contributed by atoms with E-state index in [0.29, 0.717) is 0 Å². The molecule has 102 valence electrons. The topological polar surface area (TPSA) is 48.7 Å². The highest BCUT2D eigenvalue weighted by atomic mass is 19.4. The zero-order valence-corrected chi connectivity index (χ0v) is 9.87. The predicted molar refractivity (Wildman–Crippen MR) is 63.6 cm³/mol. The number of nitrogens with one attached hydrogen (secondary N) is 1. The number of halogens is 4. The summed E-state index contributed by atoms with van der Waals surface area (Å²) in [5.41, 5.74) is -0.655. The fourth-order valence-corrected chi connectivity index (χ4v) is 1.56. The van der Waals surface area contributed by atoms with Crippen molar-refractivity contribution in [3.8, 4) is 6.07 Å². The summed E-state index contributed by atoms with van der Waals surface area (Å²) >= 11 is 0. The van der Waals surface area contributed by atoms with Gasteiger partial charge in [0.2, 0.25) is 5.95 Å². The number of nitrogens with zero attached hydrogens (tertiary/aromatic N) is 2. The number of pyridine rings is 1. The minimum atomic E-state index is -4.52. The molecule has 2 aromatic rings. The van der Waals surface area contributed by atoms with E-state index in [4.69, 9.17) is 5.26 Å². The summed E-state index contributed by atoms with van der Waals surface area (Å²) in [5.74, 6) is -0.736. The summed E-state index contributed by atoms with van der Waals surface area (Å²) in [6.07, 6.45) is -3.32. The van der Waals surface area contributed by atoms with Crippen molar-refractivity contribution in [1.29, 1.82) is 5.26 Å². The Morgan fingerprint density at radius 2 is 1.90 bits per heavy atom. The number of hydrogen-bond donors (Lipinski definition) is 1. The first-order valence-electron chi connectivity index (χ1n) is 5.40. The maximum absolute atomic E-state index is 12.9. The van der Waals surface area contributed by atoms with E-state index in [2.05, 4.69) is 10.3 Å². The zero-order chi connectivity index (χ0) is 14.8. The predicted octanol–water partition coefficient (Wildman–Crippen LogP) is 3.85. The van der Waals surface area contributed by atoms with E-state index in [1.54, 1.807) is 6.07 Å². The molecule has 0 radical (unpaired) electrons. The Hall–Kier alpha value is -2.62. The van der Waals surface area contributed by atoms with Crippen LogP contribution >= 0.6 is 0 Å². The molecule has 3 nitrogen and oxygen atoms in total. The molecule has 0 aliphatic heterocycles.